The van der Waals surface area contributed by atoms with Gasteiger partial charge in [-0.25, -0.2) is 0 Å². The monoisotopic (exact) mass is 346 g/mol. The van der Waals surface area contributed by atoms with Crippen LogP contribution in [0.1, 0.15) is 21.5 Å². The fourth-order valence-electron chi connectivity index (χ4n) is 2.06. The predicted octanol–water partition coefficient (Wildman–Crippen LogP) is 3.75. The van der Waals surface area contributed by atoms with Gasteiger partial charge in [0.2, 0.25) is 0 Å². The van der Waals surface area contributed by atoms with Gasteiger partial charge in [-0.05, 0) is 48.4 Å². The molecule has 3 nitrogen and oxygen atoms in total. The maximum atomic E-state index is 12.2. The molecule has 2 rings (SSSR count). The van der Waals surface area contributed by atoms with Gasteiger partial charge in [0.25, 0.3) is 5.91 Å². The van der Waals surface area contributed by atoms with Crippen molar-refractivity contribution in [2.45, 2.75) is 13.5 Å². The number of carbonyl (C=O) groups is 1. The number of nitrogens with one attached hydrogen (secondary N) is 1. The van der Waals surface area contributed by atoms with E-state index in [0.717, 1.165) is 21.3 Å². The zero-order chi connectivity index (χ0) is 15.4. The van der Waals surface area contributed by atoms with E-state index in [0.29, 0.717) is 12.1 Å². The first-order chi connectivity index (χ1) is 9.95. The molecule has 1 N–H and O–H groups in total. The molecular formula is C17H19BrN2O. The Morgan fingerprint density at radius 2 is 1.81 bits per heavy atom. The summed E-state index contributed by atoms with van der Waals surface area (Å²) in [7, 11) is 4.01. The predicted molar refractivity (Wildman–Crippen MR) is 90.8 cm³/mol. The van der Waals surface area contributed by atoms with Crippen LogP contribution in [0.5, 0.6) is 0 Å². The summed E-state index contributed by atoms with van der Waals surface area (Å²) in [4.78, 5) is 14.2. The summed E-state index contributed by atoms with van der Waals surface area (Å²) in [5.41, 5.74) is 3.96. The van der Waals surface area contributed by atoms with E-state index in [2.05, 4.69) is 21.2 Å². The standard InChI is InChI=1S/C17H19BrN2O/c1-12-8-14(10-15(18)9-12)17(21)19-11-13-4-6-16(7-5-13)20(2)3/h4-10H,11H2,1-3H3,(H,19,21). The average molecular weight is 347 g/mol. The van der Waals surface area contributed by atoms with Crippen LogP contribution in [-0.4, -0.2) is 20.0 Å². The third-order valence-corrected chi connectivity index (χ3v) is 3.67. The highest BCUT2D eigenvalue weighted by molar-refractivity contribution is 9.10. The van der Waals surface area contributed by atoms with Crippen molar-refractivity contribution in [2.24, 2.45) is 0 Å². The second kappa shape index (κ2) is 6.76. The Morgan fingerprint density at radius 1 is 1.14 bits per heavy atom. The van der Waals surface area contributed by atoms with E-state index in [1.165, 1.54) is 0 Å². The number of rotatable bonds is 4. The summed E-state index contributed by atoms with van der Waals surface area (Å²) < 4.78 is 0.919. The highest BCUT2D eigenvalue weighted by atomic mass is 79.9. The molecule has 0 bridgehead atoms. The Balaban J connectivity index is 2.00. The van der Waals surface area contributed by atoms with E-state index in [9.17, 15) is 4.79 Å². The third-order valence-electron chi connectivity index (χ3n) is 3.21. The van der Waals surface area contributed by atoms with Gasteiger partial charge in [0.15, 0.2) is 0 Å². The molecule has 4 heteroatoms. The van der Waals surface area contributed by atoms with Gasteiger partial charge in [-0.2, -0.15) is 0 Å². The van der Waals surface area contributed by atoms with Crippen molar-refractivity contribution in [3.63, 3.8) is 0 Å². The zero-order valence-corrected chi connectivity index (χ0v) is 14.1. The highest BCUT2D eigenvalue weighted by Crippen LogP contribution is 2.16. The molecule has 0 aliphatic rings. The summed E-state index contributed by atoms with van der Waals surface area (Å²) in [5.74, 6) is -0.0592. The van der Waals surface area contributed by atoms with Gasteiger partial charge in [-0.15, -0.1) is 0 Å². The van der Waals surface area contributed by atoms with E-state index < -0.39 is 0 Å². The van der Waals surface area contributed by atoms with Crippen LogP contribution in [0.3, 0.4) is 0 Å². The Bertz CT molecular complexity index is 615. The molecule has 0 radical (unpaired) electrons. The number of hydrogen-bond donors (Lipinski definition) is 1. The molecule has 0 aliphatic heterocycles. The van der Waals surface area contributed by atoms with Gasteiger partial charge < -0.3 is 10.2 Å². The van der Waals surface area contributed by atoms with E-state index in [1.807, 2.05) is 68.4 Å². The summed E-state index contributed by atoms with van der Waals surface area (Å²) >= 11 is 3.41. The van der Waals surface area contributed by atoms with Crippen LogP contribution >= 0.6 is 15.9 Å². The lowest BCUT2D eigenvalue weighted by atomic mass is 10.1. The summed E-state index contributed by atoms with van der Waals surface area (Å²) in [6, 6.07) is 13.8. The normalized spacial score (nSPS) is 10.3. The Hall–Kier alpha value is -1.81. The molecule has 0 saturated carbocycles. The minimum Gasteiger partial charge on any atom is -0.378 e. The molecule has 0 fully saturated rings. The first kappa shape index (κ1) is 15.6. The second-order valence-corrected chi connectivity index (χ2v) is 6.18. The lowest BCUT2D eigenvalue weighted by Gasteiger charge is -2.13. The molecule has 0 heterocycles. The molecule has 0 aromatic heterocycles. The molecule has 2 aromatic rings. The van der Waals surface area contributed by atoms with Crippen LogP contribution < -0.4 is 10.2 Å². The summed E-state index contributed by atoms with van der Waals surface area (Å²) in [6.07, 6.45) is 0. The van der Waals surface area contributed by atoms with E-state index in [1.54, 1.807) is 0 Å². The van der Waals surface area contributed by atoms with Gasteiger partial charge in [0.05, 0.1) is 0 Å². The van der Waals surface area contributed by atoms with Gasteiger partial charge >= 0.3 is 0 Å². The van der Waals surface area contributed by atoms with Gasteiger partial charge in [-0.1, -0.05) is 28.1 Å². The van der Waals surface area contributed by atoms with Crippen LogP contribution in [0.2, 0.25) is 0 Å². The highest BCUT2D eigenvalue weighted by Gasteiger charge is 2.07. The average Bonchev–Trinajstić information content (AvgIpc) is 2.44. The maximum absolute atomic E-state index is 12.2. The molecular weight excluding hydrogens is 328 g/mol. The largest absolute Gasteiger partial charge is 0.378 e. The van der Waals surface area contributed by atoms with Crippen LogP contribution in [0.15, 0.2) is 46.9 Å². The van der Waals surface area contributed by atoms with E-state index in [4.69, 9.17) is 0 Å². The molecule has 110 valence electrons. The molecule has 1 amide bonds. The van der Waals surface area contributed by atoms with Crippen LogP contribution in [0.4, 0.5) is 5.69 Å². The van der Waals surface area contributed by atoms with Crippen molar-refractivity contribution in [1.82, 2.24) is 5.32 Å². The lowest BCUT2D eigenvalue weighted by Crippen LogP contribution is -2.22. The Morgan fingerprint density at radius 3 is 2.38 bits per heavy atom. The van der Waals surface area contributed by atoms with Gasteiger partial charge in [0.1, 0.15) is 0 Å². The van der Waals surface area contributed by atoms with E-state index in [-0.39, 0.29) is 5.91 Å². The van der Waals surface area contributed by atoms with Crippen molar-refractivity contribution in [3.05, 3.63) is 63.6 Å². The van der Waals surface area contributed by atoms with Crippen LogP contribution in [0.25, 0.3) is 0 Å². The smallest absolute Gasteiger partial charge is 0.251 e. The topological polar surface area (TPSA) is 32.3 Å². The molecule has 0 spiro atoms. The number of nitrogens with zero attached hydrogens (tertiary/aromatic N) is 1. The van der Waals surface area contributed by atoms with Crippen molar-refractivity contribution < 1.29 is 4.79 Å². The van der Waals surface area contributed by atoms with Gasteiger partial charge in [0, 0.05) is 36.4 Å². The number of benzene rings is 2. The lowest BCUT2D eigenvalue weighted by molar-refractivity contribution is 0.0951. The molecule has 2 aromatic carbocycles. The van der Waals surface area contributed by atoms with Gasteiger partial charge in [-0.3, -0.25) is 4.79 Å². The van der Waals surface area contributed by atoms with Crippen LogP contribution in [0, 0.1) is 6.92 Å². The Kier molecular flexibility index (Phi) is 5.02. The molecule has 0 aliphatic carbocycles. The summed E-state index contributed by atoms with van der Waals surface area (Å²) in [5, 5.41) is 2.94. The number of carbonyl (C=O) groups excluding carboxylic acids is 1. The first-order valence-corrected chi connectivity index (χ1v) is 7.56. The summed E-state index contributed by atoms with van der Waals surface area (Å²) in [6.45, 7) is 2.50. The van der Waals surface area contributed by atoms with Crippen molar-refractivity contribution in [2.75, 3.05) is 19.0 Å². The Labute approximate surface area is 134 Å². The fourth-order valence-corrected chi connectivity index (χ4v) is 2.67. The van der Waals surface area contributed by atoms with Crippen molar-refractivity contribution in [1.29, 1.82) is 0 Å². The SMILES string of the molecule is Cc1cc(Br)cc(C(=O)NCc2ccc(N(C)C)cc2)c1. The molecule has 0 saturated heterocycles. The minimum absolute atomic E-state index is 0.0592. The number of anilines is 1. The number of halogens is 1. The third kappa shape index (κ3) is 4.33. The quantitative estimate of drug-likeness (QED) is 0.914. The first-order valence-electron chi connectivity index (χ1n) is 6.77. The number of hydrogen-bond acceptors (Lipinski definition) is 2. The van der Waals surface area contributed by atoms with E-state index >= 15 is 0 Å². The van der Waals surface area contributed by atoms with Crippen LogP contribution in [-0.2, 0) is 6.54 Å². The molecule has 0 atom stereocenters. The van der Waals surface area contributed by atoms with Crippen molar-refractivity contribution in [3.8, 4) is 0 Å². The van der Waals surface area contributed by atoms with Crippen molar-refractivity contribution >= 4 is 27.5 Å². The maximum Gasteiger partial charge on any atom is 0.251 e. The second-order valence-electron chi connectivity index (χ2n) is 5.26. The molecule has 0 unspecified atom stereocenters. The fraction of sp³-hybridized carbons (Fsp3) is 0.235. The zero-order valence-electron chi connectivity index (χ0n) is 12.5. The molecule has 21 heavy (non-hydrogen) atoms. The minimum atomic E-state index is -0.0592. The number of aryl methyl sites for hydroxylation is 1. The number of amides is 1.